The van der Waals surface area contributed by atoms with Crippen LogP contribution < -0.4 is 5.32 Å². The molecule has 4 atom stereocenters. The molecular weight excluding hydrogens is 182 g/mol. The molecule has 1 heterocycles. The van der Waals surface area contributed by atoms with Crippen molar-refractivity contribution >= 4 is 10.8 Å². The molecule has 78 valence electrons. The molecular formula is C10H21NOS. The summed E-state index contributed by atoms with van der Waals surface area (Å²) in [6, 6.07) is 0.394. The third-order valence-electron chi connectivity index (χ3n) is 2.83. The summed E-state index contributed by atoms with van der Waals surface area (Å²) in [5.41, 5.74) is 0. The maximum absolute atomic E-state index is 12.1. The van der Waals surface area contributed by atoms with Crippen LogP contribution in [0.2, 0.25) is 0 Å². The van der Waals surface area contributed by atoms with Gasteiger partial charge in [0.1, 0.15) is 0 Å². The first-order chi connectivity index (χ1) is 6.04. The molecule has 0 aromatic heterocycles. The molecule has 1 saturated heterocycles. The van der Waals surface area contributed by atoms with E-state index in [-0.39, 0.29) is 0 Å². The van der Waals surface area contributed by atoms with Crippen LogP contribution in [0.25, 0.3) is 0 Å². The summed E-state index contributed by atoms with van der Waals surface area (Å²) < 4.78 is 12.1. The van der Waals surface area contributed by atoms with Gasteiger partial charge in [-0.05, 0) is 25.8 Å². The van der Waals surface area contributed by atoms with Crippen molar-refractivity contribution in [3.63, 3.8) is 0 Å². The zero-order chi connectivity index (χ0) is 10.0. The molecule has 1 fully saturated rings. The monoisotopic (exact) mass is 203 g/mol. The van der Waals surface area contributed by atoms with Crippen molar-refractivity contribution in [1.29, 1.82) is 0 Å². The Morgan fingerprint density at radius 3 is 2.54 bits per heavy atom. The van der Waals surface area contributed by atoms with Crippen molar-refractivity contribution in [2.75, 3.05) is 6.54 Å². The van der Waals surface area contributed by atoms with Gasteiger partial charge in [-0.1, -0.05) is 20.8 Å². The lowest BCUT2D eigenvalue weighted by molar-refractivity contribution is 0.458. The molecule has 0 aliphatic carbocycles. The zero-order valence-electron chi connectivity index (χ0n) is 9.04. The van der Waals surface area contributed by atoms with Gasteiger partial charge in [-0.25, -0.2) is 0 Å². The molecule has 3 heteroatoms. The van der Waals surface area contributed by atoms with E-state index in [1.165, 1.54) is 0 Å². The summed E-state index contributed by atoms with van der Waals surface area (Å²) in [7, 11) is -0.663. The van der Waals surface area contributed by atoms with Gasteiger partial charge in [-0.3, -0.25) is 4.21 Å². The maximum Gasteiger partial charge on any atom is 0.0524 e. The van der Waals surface area contributed by atoms with Gasteiger partial charge >= 0.3 is 0 Å². The molecule has 0 radical (unpaired) electrons. The van der Waals surface area contributed by atoms with Crippen molar-refractivity contribution in [1.82, 2.24) is 5.32 Å². The molecule has 1 rings (SSSR count). The molecule has 0 aromatic rings. The molecule has 0 amide bonds. The lowest BCUT2D eigenvalue weighted by Gasteiger charge is -2.26. The molecule has 0 bridgehead atoms. The highest BCUT2D eigenvalue weighted by atomic mass is 32.2. The Bertz CT molecular complexity index is 193. The van der Waals surface area contributed by atoms with Crippen LogP contribution in [0, 0.1) is 5.92 Å². The first-order valence-corrected chi connectivity index (χ1v) is 6.44. The average Bonchev–Trinajstić information content (AvgIpc) is 2.13. The van der Waals surface area contributed by atoms with Crippen molar-refractivity contribution in [2.45, 2.75) is 50.7 Å². The van der Waals surface area contributed by atoms with E-state index in [1.807, 2.05) is 0 Å². The van der Waals surface area contributed by atoms with Gasteiger partial charge in [-0.15, -0.1) is 0 Å². The molecule has 4 unspecified atom stereocenters. The second kappa shape index (κ2) is 4.56. The fourth-order valence-electron chi connectivity index (χ4n) is 2.06. The largest absolute Gasteiger partial charge is 0.313 e. The summed E-state index contributed by atoms with van der Waals surface area (Å²) in [5, 5.41) is 4.11. The molecule has 0 aromatic carbocycles. The summed E-state index contributed by atoms with van der Waals surface area (Å²) in [6.07, 6.45) is 1.04. The first kappa shape index (κ1) is 11.2. The van der Waals surface area contributed by atoms with E-state index < -0.39 is 10.8 Å². The molecule has 0 spiro atoms. The van der Waals surface area contributed by atoms with Crippen LogP contribution in [-0.2, 0) is 10.8 Å². The lowest BCUT2D eigenvalue weighted by Crippen LogP contribution is -2.41. The predicted molar refractivity (Wildman–Crippen MR) is 58.3 cm³/mol. The van der Waals surface area contributed by atoms with Gasteiger partial charge < -0.3 is 5.32 Å². The third kappa shape index (κ3) is 2.53. The van der Waals surface area contributed by atoms with Crippen molar-refractivity contribution in [3.05, 3.63) is 0 Å². The lowest BCUT2D eigenvalue weighted by atomic mass is 10.0. The highest BCUT2D eigenvalue weighted by Crippen LogP contribution is 2.21. The SMILES string of the molecule is CC(C)C1C(C)NCCC(C)S1=O. The van der Waals surface area contributed by atoms with Gasteiger partial charge in [0.2, 0.25) is 0 Å². The van der Waals surface area contributed by atoms with E-state index in [4.69, 9.17) is 0 Å². The van der Waals surface area contributed by atoms with E-state index in [0.717, 1.165) is 13.0 Å². The minimum Gasteiger partial charge on any atom is -0.313 e. The number of hydrogen-bond donors (Lipinski definition) is 1. The highest BCUT2D eigenvalue weighted by Gasteiger charge is 2.31. The zero-order valence-corrected chi connectivity index (χ0v) is 9.86. The van der Waals surface area contributed by atoms with Gasteiger partial charge in [0.25, 0.3) is 0 Å². The summed E-state index contributed by atoms with van der Waals surface area (Å²) >= 11 is 0. The van der Waals surface area contributed by atoms with Crippen LogP contribution in [0.1, 0.15) is 34.1 Å². The van der Waals surface area contributed by atoms with Gasteiger partial charge in [-0.2, -0.15) is 0 Å². The summed E-state index contributed by atoms with van der Waals surface area (Å²) in [5.74, 6) is 0.504. The second-order valence-corrected chi connectivity index (χ2v) is 6.39. The first-order valence-electron chi connectivity index (χ1n) is 5.16. The van der Waals surface area contributed by atoms with E-state index in [9.17, 15) is 4.21 Å². The van der Waals surface area contributed by atoms with Crippen LogP contribution in [0.15, 0.2) is 0 Å². The number of hydrogen-bond acceptors (Lipinski definition) is 2. The highest BCUT2D eigenvalue weighted by molar-refractivity contribution is 7.86. The van der Waals surface area contributed by atoms with Crippen LogP contribution in [-0.4, -0.2) is 27.3 Å². The summed E-state index contributed by atoms with van der Waals surface area (Å²) in [6.45, 7) is 9.60. The smallest absolute Gasteiger partial charge is 0.0524 e. The van der Waals surface area contributed by atoms with Crippen LogP contribution in [0.5, 0.6) is 0 Å². The quantitative estimate of drug-likeness (QED) is 0.700. The molecule has 1 N–H and O–H groups in total. The standard InChI is InChI=1S/C10H21NOS/c1-7(2)10-9(4)11-6-5-8(3)13(10)12/h7-11H,5-6H2,1-4H3. The Hall–Kier alpha value is 0.110. The molecule has 13 heavy (non-hydrogen) atoms. The molecule has 1 aliphatic heterocycles. The predicted octanol–water partition coefficient (Wildman–Crippen LogP) is 1.53. The normalized spacial score (nSPS) is 41.9. The Labute approximate surface area is 83.9 Å². The molecule has 1 aliphatic rings. The van der Waals surface area contributed by atoms with Gasteiger partial charge in [0.05, 0.1) is 5.25 Å². The Morgan fingerprint density at radius 1 is 1.38 bits per heavy atom. The molecule has 2 nitrogen and oxygen atoms in total. The van der Waals surface area contributed by atoms with Gasteiger partial charge in [0, 0.05) is 22.1 Å². The summed E-state index contributed by atoms with van der Waals surface area (Å²) in [4.78, 5) is 0. The van der Waals surface area contributed by atoms with E-state index >= 15 is 0 Å². The third-order valence-corrected chi connectivity index (χ3v) is 5.35. The second-order valence-electron chi connectivity index (χ2n) is 4.38. The van der Waals surface area contributed by atoms with Crippen molar-refractivity contribution < 1.29 is 4.21 Å². The van der Waals surface area contributed by atoms with Crippen molar-refractivity contribution in [3.8, 4) is 0 Å². The Balaban J connectivity index is 2.78. The average molecular weight is 203 g/mol. The van der Waals surface area contributed by atoms with Crippen molar-refractivity contribution in [2.24, 2.45) is 5.92 Å². The number of nitrogens with one attached hydrogen (secondary N) is 1. The Kier molecular flexibility index (Phi) is 3.92. The van der Waals surface area contributed by atoms with E-state index in [2.05, 4.69) is 33.0 Å². The molecule has 0 saturated carbocycles. The minimum absolute atomic E-state index is 0.317. The Morgan fingerprint density at radius 2 is 2.00 bits per heavy atom. The fourth-order valence-corrected chi connectivity index (χ4v) is 3.98. The topological polar surface area (TPSA) is 29.1 Å². The van der Waals surface area contributed by atoms with E-state index in [1.54, 1.807) is 0 Å². The van der Waals surface area contributed by atoms with Crippen LogP contribution in [0.4, 0.5) is 0 Å². The maximum atomic E-state index is 12.1. The van der Waals surface area contributed by atoms with Gasteiger partial charge in [0.15, 0.2) is 0 Å². The van der Waals surface area contributed by atoms with Crippen LogP contribution >= 0.6 is 0 Å². The van der Waals surface area contributed by atoms with E-state index in [0.29, 0.717) is 22.5 Å². The number of rotatable bonds is 1. The minimum atomic E-state index is -0.663. The van der Waals surface area contributed by atoms with Crippen LogP contribution in [0.3, 0.4) is 0 Å². The fraction of sp³-hybridized carbons (Fsp3) is 1.00.